The molecule has 0 aromatic heterocycles. The summed E-state index contributed by atoms with van der Waals surface area (Å²) in [6.07, 6.45) is 1.24. The molecular formula is C16H23NO4. The zero-order valence-corrected chi connectivity index (χ0v) is 12.4. The van der Waals surface area contributed by atoms with Crippen LogP contribution in [0.15, 0.2) is 30.3 Å². The van der Waals surface area contributed by atoms with E-state index in [1.165, 1.54) is 0 Å². The first kappa shape index (κ1) is 15.8. The Hall–Kier alpha value is -1.59. The molecule has 1 aliphatic rings. The van der Waals surface area contributed by atoms with Crippen LogP contribution in [0.4, 0.5) is 4.79 Å². The lowest BCUT2D eigenvalue weighted by molar-refractivity contribution is -0.0671. The molecule has 1 aromatic carbocycles. The first-order valence-corrected chi connectivity index (χ1v) is 7.32. The number of carbonyl (C=O) groups excluding carboxylic acids is 1. The van der Waals surface area contributed by atoms with Crippen molar-refractivity contribution in [3.63, 3.8) is 0 Å². The van der Waals surface area contributed by atoms with Gasteiger partial charge in [-0.2, -0.15) is 0 Å². The molecule has 2 rings (SSSR count). The highest BCUT2D eigenvalue weighted by Crippen LogP contribution is 2.27. The predicted octanol–water partition coefficient (Wildman–Crippen LogP) is 1.78. The number of hydrogen-bond acceptors (Lipinski definition) is 4. The van der Waals surface area contributed by atoms with Crippen molar-refractivity contribution in [1.82, 2.24) is 4.90 Å². The Bertz CT molecular complexity index is 461. The fourth-order valence-electron chi connectivity index (χ4n) is 2.59. The van der Waals surface area contributed by atoms with Crippen molar-refractivity contribution in [2.75, 3.05) is 19.7 Å². The third-order valence-corrected chi connectivity index (χ3v) is 4.08. The summed E-state index contributed by atoms with van der Waals surface area (Å²) < 4.78 is 5.31. The molecule has 0 radical (unpaired) electrons. The maximum atomic E-state index is 12.1. The Kier molecular flexibility index (Phi) is 5.20. The maximum Gasteiger partial charge on any atom is 0.410 e. The highest BCUT2D eigenvalue weighted by atomic mass is 16.6. The summed E-state index contributed by atoms with van der Waals surface area (Å²) in [7, 11) is 0. The largest absolute Gasteiger partial charge is 0.445 e. The molecule has 116 valence electrons. The van der Waals surface area contributed by atoms with Gasteiger partial charge in [-0.25, -0.2) is 4.79 Å². The number of aliphatic hydroxyl groups excluding tert-OH is 1. The second kappa shape index (κ2) is 6.91. The van der Waals surface area contributed by atoms with Crippen molar-refractivity contribution < 1.29 is 19.7 Å². The average molecular weight is 293 g/mol. The fraction of sp³-hybridized carbons (Fsp3) is 0.562. The van der Waals surface area contributed by atoms with Crippen molar-refractivity contribution in [1.29, 1.82) is 0 Å². The second-order valence-corrected chi connectivity index (χ2v) is 5.84. The molecule has 0 bridgehead atoms. The zero-order valence-electron chi connectivity index (χ0n) is 12.4. The molecule has 21 heavy (non-hydrogen) atoms. The lowest BCUT2D eigenvalue weighted by Crippen LogP contribution is -2.49. The molecule has 5 nitrogen and oxygen atoms in total. The normalized spacial score (nSPS) is 21.7. The minimum absolute atomic E-state index is 0.125. The van der Waals surface area contributed by atoms with Gasteiger partial charge in [0.25, 0.3) is 0 Å². The molecule has 2 N–H and O–H groups in total. The van der Waals surface area contributed by atoms with Gasteiger partial charge in [-0.1, -0.05) is 30.3 Å². The number of amides is 1. The number of hydrogen-bond donors (Lipinski definition) is 2. The summed E-state index contributed by atoms with van der Waals surface area (Å²) in [4.78, 5) is 13.7. The lowest BCUT2D eigenvalue weighted by atomic mass is 9.83. The quantitative estimate of drug-likeness (QED) is 0.888. The van der Waals surface area contributed by atoms with E-state index in [0.717, 1.165) is 18.4 Å². The number of piperidine rings is 1. The van der Waals surface area contributed by atoms with Crippen LogP contribution >= 0.6 is 0 Å². The first-order valence-electron chi connectivity index (χ1n) is 7.32. The van der Waals surface area contributed by atoms with E-state index in [9.17, 15) is 15.0 Å². The lowest BCUT2D eigenvalue weighted by Gasteiger charge is -2.39. The zero-order chi connectivity index (χ0) is 15.3. The van der Waals surface area contributed by atoms with Gasteiger partial charge in [-0.15, -0.1) is 0 Å². The van der Waals surface area contributed by atoms with Crippen LogP contribution in [0.25, 0.3) is 0 Å². The molecular weight excluding hydrogens is 270 g/mol. The third kappa shape index (κ3) is 4.19. The highest BCUT2D eigenvalue weighted by molar-refractivity contribution is 5.67. The summed E-state index contributed by atoms with van der Waals surface area (Å²) in [6, 6.07) is 9.53. The topological polar surface area (TPSA) is 70.0 Å². The van der Waals surface area contributed by atoms with Crippen LogP contribution in [0, 0.1) is 5.92 Å². The number of nitrogens with zero attached hydrogens (tertiary/aromatic N) is 1. The minimum atomic E-state index is -1.15. The number of likely N-dealkylation sites (tertiary alicyclic amines) is 1. The molecule has 0 saturated carbocycles. The Balaban J connectivity index is 1.87. The third-order valence-electron chi connectivity index (χ3n) is 4.08. The number of aliphatic hydroxyl groups is 2. The van der Waals surface area contributed by atoms with Crippen LogP contribution in [0.3, 0.4) is 0 Å². The molecule has 1 aliphatic heterocycles. The van der Waals surface area contributed by atoms with Gasteiger partial charge in [0, 0.05) is 19.0 Å². The van der Waals surface area contributed by atoms with Gasteiger partial charge in [-0.05, 0) is 25.3 Å². The molecule has 5 heteroatoms. The molecule has 2 atom stereocenters. The Morgan fingerprint density at radius 1 is 1.43 bits per heavy atom. The maximum absolute atomic E-state index is 12.1. The molecule has 1 aromatic rings. The van der Waals surface area contributed by atoms with E-state index in [1.54, 1.807) is 11.8 Å². The molecule has 1 saturated heterocycles. The van der Waals surface area contributed by atoms with E-state index >= 15 is 0 Å². The van der Waals surface area contributed by atoms with Gasteiger partial charge in [0.15, 0.2) is 0 Å². The fourth-order valence-corrected chi connectivity index (χ4v) is 2.59. The molecule has 1 heterocycles. The number of carbonyl (C=O) groups is 1. The van der Waals surface area contributed by atoms with E-state index < -0.39 is 5.60 Å². The second-order valence-electron chi connectivity index (χ2n) is 5.84. The summed E-state index contributed by atoms with van der Waals surface area (Å²) in [5.74, 6) is -0.125. The van der Waals surface area contributed by atoms with Gasteiger partial charge in [0.2, 0.25) is 0 Å². The smallest absolute Gasteiger partial charge is 0.410 e. The van der Waals surface area contributed by atoms with Crippen molar-refractivity contribution >= 4 is 6.09 Å². The summed E-state index contributed by atoms with van der Waals surface area (Å²) >= 11 is 0. The van der Waals surface area contributed by atoms with Crippen molar-refractivity contribution in [2.24, 2.45) is 5.92 Å². The van der Waals surface area contributed by atoms with Crippen molar-refractivity contribution in [3.05, 3.63) is 35.9 Å². The number of ether oxygens (including phenoxy) is 1. The predicted molar refractivity (Wildman–Crippen MR) is 78.6 cm³/mol. The Labute approximate surface area is 125 Å². The van der Waals surface area contributed by atoms with Crippen LogP contribution in [0.2, 0.25) is 0 Å². The monoisotopic (exact) mass is 293 g/mol. The van der Waals surface area contributed by atoms with Crippen LogP contribution in [-0.2, 0) is 11.3 Å². The highest BCUT2D eigenvalue weighted by Gasteiger charge is 2.36. The Morgan fingerprint density at radius 3 is 2.81 bits per heavy atom. The average Bonchev–Trinajstić information content (AvgIpc) is 2.53. The van der Waals surface area contributed by atoms with E-state index in [1.807, 2.05) is 30.3 Å². The van der Waals surface area contributed by atoms with Crippen LogP contribution in [-0.4, -0.2) is 46.5 Å². The van der Waals surface area contributed by atoms with Crippen molar-refractivity contribution in [2.45, 2.75) is 32.0 Å². The van der Waals surface area contributed by atoms with Gasteiger partial charge in [0.05, 0.1) is 12.2 Å². The standard InChI is InChI=1S/C16H23NO4/c1-16(20,12-18)14-8-5-9-17(10-14)15(19)21-11-13-6-3-2-4-7-13/h2-4,6-7,14,18,20H,5,8-12H2,1H3/t14-,16+/m0/s1. The van der Waals surface area contributed by atoms with Gasteiger partial charge in [-0.3, -0.25) is 0 Å². The SMILES string of the molecule is C[C@@](O)(CO)[C@H]1CCCN(C(=O)OCc2ccccc2)C1. The number of rotatable bonds is 4. The van der Waals surface area contributed by atoms with Gasteiger partial charge in [0.1, 0.15) is 6.61 Å². The van der Waals surface area contributed by atoms with Gasteiger partial charge >= 0.3 is 6.09 Å². The summed E-state index contributed by atoms with van der Waals surface area (Å²) in [6.45, 7) is 2.60. The molecule has 0 spiro atoms. The Morgan fingerprint density at radius 2 is 2.14 bits per heavy atom. The van der Waals surface area contributed by atoms with Crippen LogP contribution in [0.5, 0.6) is 0 Å². The first-order chi connectivity index (χ1) is 10.0. The molecule has 1 amide bonds. The minimum Gasteiger partial charge on any atom is -0.445 e. The van der Waals surface area contributed by atoms with Crippen LogP contribution in [0.1, 0.15) is 25.3 Å². The van der Waals surface area contributed by atoms with Crippen LogP contribution < -0.4 is 0 Å². The van der Waals surface area contributed by atoms with E-state index in [0.29, 0.717) is 13.1 Å². The molecule has 0 unspecified atom stereocenters. The van der Waals surface area contributed by atoms with Gasteiger partial charge < -0.3 is 19.8 Å². The van der Waals surface area contributed by atoms with E-state index in [2.05, 4.69) is 0 Å². The number of benzene rings is 1. The van der Waals surface area contributed by atoms with E-state index in [-0.39, 0.29) is 25.2 Å². The van der Waals surface area contributed by atoms with E-state index in [4.69, 9.17) is 4.74 Å². The summed E-state index contributed by atoms with van der Waals surface area (Å²) in [5, 5.41) is 19.4. The van der Waals surface area contributed by atoms with Crippen molar-refractivity contribution in [3.8, 4) is 0 Å². The summed E-state index contributed by atoms with van der Waals surface area (Å²) in [5.41, 5.74) is -0.208. The molecule has 1 fully saturated rings. The molecule has 0 aliphatic carbocycles.